The first-order valence-corrected chi connectivity index (χ1v) is 14.0. The predicted molar refractivity (Wildman–Crippen MR) is 152 cm³/mol. The molecular weight excluding hydrogens is 534 g/mol. The summed E-state index contributed by atoms with van der Waals surface area (Å²) in [7, 11) is 1.48. The molecule has 1 fully saturated rings. The van der Waals surface area contributed by atoms with Crippen LogP contribution in [0.2, 0.25) is 0 Å². The monoisotopic (exact) mass is 576 g/mol. The second kappa shape index (κ2) is 13.5. The lowest BCUT2D eigenvalue weighted by Crippen LogP contribution is -2.66. The van der Waals surface area contributed by atoms with Gasteiger partial charge in [-0.1, -0.05) is 30.3 Å². The van der Waals surface area contributed by atoms with E-state index in [1.165, 1.54) is 12.0 Å². The van der Waals surface area contributed by atoms with E-state index in [2.05, 4.69) is 5.32 Å². The Morgan fingerprint density at radius 2 is 1.76 bits per heavy atom. The molecule has 1 saturated carbocycles. The minimum atomic E-state index is -3.10. The largest absolute Gasteiger partial charge is 0.493 e. The molecule has 0 aliphatic heterocycles. The van der Waals surface area contributed by atoms with Crippen molar-refractivity contribution < 1.29 is 37.7 Å². The van der Waals surface area contributed by atoms with Crippen molar-refractivity contribution in [1.29, 1.82) is 0 Å². The number of amides is 2. The number of hydrogen-bond acceptors (Lipinski definition) is 5. The lowest BCUT2D eigenvalue weighted by molar-refractivity contribution is -0.155. The molecule has 3 rings (SSSR count). The third-order valence-corrected chi connectivity index (χ3v) is 7.80. The van der Waals surface area contributed by atoms with Gasteiger partial charge in [-0.2, -0.15) is 0 Å². The van der Waals surface area contributed by atoms with Crippen molar-refractivity contribution in [3.8, 4) is 11.5 Å². The smallest absolute Gasteiger partial charge is 0.329 e. The number of urea groups is 1. The van der Waals surface area contributed by atoms with Gasteiger partial charge < -0.3 is 29.5 Å². The minimum absolute atomic E-state index is 0.0868. The molecule has 2 aromatic carbocycles. The Bertz CT molecular complexity index is 1200. The van der Waals surface area contributed by atoms with Crippen LogP contribution >= 0.6 is 0 Å². The summed E-state index contributed by atoms with van der Waals surface area (Å²) in [4.78, 5) is 27.2. The average molecular weight is 577 g/mol. The number of methoxy groups -OCH3 is 1. The number of nitrogens with one attached hydrogen (secondary N) is 1. The molecule has 1 atom stereocenters. The van der Waals surface area contributed by atoms with E-state index in [0.717, 1.165) is 11.1 Å². The lowest BCUT2D eigenvalue weighted by atomic mass is 9.74. The van der Waals surface area contributed by atoms with Crippen molar-refractivity contribution in [2.24, 2.45) is 0 Å². The SMILES string of the molecule is CCOc1cc([C@@H](C)N(CCC(F)(F)Cc2ccccc2)C(=O)NC2(C(=O)O)CC(OC)C2)c(C)c(OCC)c1C. The molecule has 2 N–H and O–H groups in total. The van der Waals surface area contributed by atoms with Gasteiger partial charge in [0.1, 0.15) is 17.0 Å². The van der Waals surface area contributed by atoms with Crippen molar-refractivity contribution in [2.45, 2.75) is 83.9 Å². The molecule has 0 radical (unpaired) electrons. The second-order valence-electron chi connectivity index (χ2n) is 10.6. The topological polar surface area (TPSA) is 97.3 Å². The summed E-state index contributed by atoms with van der Waals surface area (Å²) in [5.41, 5.74) is 1.18. The van der Waals surface area contributed by atoms with Gasteiger partial charge in [0.2, 0.25) is 0 Å². The van der Waals surface area contributed by atoms with Gasteiger partial charge in [-0.15, -0.1) is 0 Å². The first-order valence-electron chi connectivity index (χ1n) is 14.0. The highest BCUT2D eigenvalue weighted by Gasteiger charge is 2.53. The van der Waals surface area contributed by atoms with Gasteiger partial charge in [-0.05, 0) is 57.4 Å². The normalized spacial score (nSPS) is 19.2. The van der Waals surface area contributed by atoms with E-state index in [9.17, 15) is 14.7 Å². The first kappa shape index (κ1) is 32.1. The highest BCUT2D eigenvalue weighted by atomic mass is 19.3. The van der Waals surface area contributed by atoms with Crippen molar-refractivity contribution in [3.05, 3.63) is 58.7 Å². The molecular formula is C31H42F2N2O6. The number of carbonyl (C=O) groups is 2. The maximum absolute atomic E-state index is 15.2. The Morgan fingerprint density at radius 3 is 2.32 bits per heavy atom. The zero-order valence-electron chi connectivity index (χ0n) is 24.8. The number of aliphatic carboxylic acids is 1. The van der Waals surface area contributed by atoms with Crippen LogP contribution in [-0.2, 0) is 16.0 Å². The number of benzene rings is 2. The quantitative estimate of drug-likeness (QED) is 0.283. The van der Waals surface area contributed by atoms with Gasteiger partial charge in [-0.25, -0.2) is 18.4 Å². The van der Waals surface area contributed by atoms with Crippen molar-refractivity contribution in [3.63, 3.8) is 0 Å². The number of carbonyl (C=O) groups excluding carboxylic acids is 1. The highest BCUT2D eigenvalue weighted by molar-refractivity contribution is 5.87. The minimum Gasteiger partial charge on any atom is -0.493 e. The van der Waals surface area contributed by atoms with Crippen LogP contribution in [0.25, 0.3) is 0 Å². The molecule has 0 saturated heterocycles. The molecule has 0 bridgehead atoms. The van der Waals surface area contributed by atoms with Gasteiger partial charge in [0.25, 0.3) is 5.92 Å². The van der Waals surface area contributed by atoms with Crippen molar-refractivity contribution in [2.75, 3.05) is 26.9 Å². The summed E-state index contributed by atoms with van der Waals surface area (Å²) in [5, 5.41) is 12.6. The summed E-state index contributed by atoms with van der Waals surface area (Å²) in [6.07, 6.45) is -1.22. The third kappa shape index (κ3) is 7.47. The van der Waals surface area contributed by atoms with Gasteiger partial charge in [0.05, 0.1) is 25.4 Å². The van der Waals surface area contributed by atoms with Crippen LogP contribution in [0.3, 0.4) is 0 Å². The molecule has 1 aliphatic rings. The van der Waals surface area contributed by atoms with E-state index in [1.807, 2.05) is 27.7 Å². The Hall–Kier alpha value is -3.40. The van der Waals surface area contributed by atoms with Gasteiger partial charge >= 0.3 is 12.0 Å². The molecule has 2 amide bonds. The summed E-state index contributed by atoms with van der Waals surface area (Å²) in [6.45, 7) is 9.69. The Kier molecular flexibility index (Phi) is 10.6. The summed E-state index contributed by atoms with van der Waals surface area (Å²) >= 11 is 0. The molecule has 0 heterocycles. The molecule has 8 nitrogen and oxygen atoms in total. The number of ether oxygens (including phenoxy) is 3. The number of hydrogen-bond donors (Lipinski definition) is 2. The Balaban J connectivity index is 1.97. The number of carboxylic acids is 1. The molecule has 41 heavy (non-hydrogen) atoms. The van der Waals surface area contributed by atoms with Crippen LogP contribution < -0.4 is 14.8 Å². The van der Waals surface area contributed by atoms with E-state index in [1.54, 1.807) is 43.3 Å². The standard InChI is InChI=1S/C31H42F2N2O6/c1-7-40-26-16-25(20(3)27(21(26)4)41-8-2)22(5)35(15-14-31(32,33)17-23-12-10-9-11-13-23)29(38)34-30(28(36)37)18-24(19-30)39-6/h9-13,16,22,24H,7-8,14-15,17-19H2,1-6H3,(H,34,38)(H,36,37)/t22-,24?,30?/m1/s1. The Morgan fingerprint density at radius 1 is 1.12 bits per heavy atom. The van der Waals surface area contributed by atoms with Gasteiger partial charge in [0, 0.05) is 44.9 Å². The fraction of sp³-hybridized carbons (Fsp3) is 0.548. The van der Waals surface area contributed by atoms with Crippen LogP contribution in [-0.4, -0.2) is 66.4 Å². The fourth-order valence-electron chi connectivity index (χ4n) is 5.38. The molecule has 2 aromatic rings. The fourth-order valence-corrected chi connectivity index (χ4v) is 5.38. The number of alkyl halides is 2. The molecule has 10 heteroatoms. The Labute approximate surface area is 241 Å². The first-order chi connectivity index (χ1) is 19.4. The van der Waals surface area contributed by atoms with E-state index < -0.39 is 42.3 Å². The molecule has 0 spiro atoms. The number of nitrogens with zero attached hydrogens (tertiary/aromatic N) is 1. The average Bonchev–Trinajstić information content (AvgIpc) is 2.90. The van der Waals surface area contributed by atoms with E-state index in [4.69, 9.17) is 14.2 Å². The summed E-state index contributed by atoms with van der Waals surface area (Å²) in [5.74, 6) is -3.11. The van der Waals surface area contributed by atoms with Crippen molar-refractivity contribution >= 4 is 12.0 Å². The third-order valence-electron chi connectivity index (χ3n) is 7.80. The zero-order chi connectivity index (χ0) is 30.4. The highest BCUT2D eigenvalue weighted by Crippen LogP contribution is 2.40. The molecule has 226 valence electrons. The van der Waals surface area contributed by atoms with E-state index >= 15 is 8.78 Å². The maximum Gasteiger partial charge on any atom is 0.329 e. The van der Waals surface area contributed by atoms with Gasteiger partial charge in [0.15, 0.2) is 0 Å². The van der Waals surface area contributed by atoms with Crippen LogP contribution in [0, 0.1) is 13.8 Å². The maximum atomic E-state index is 15.2. The van der Waals surface area contributed by atoms with Crippen LogP contribution in [0.4, 0.5) is 13.6 Å². The molecule has 1 aliphatic carbocycles. The molecule has 0 unspecified atom stereocenters. The van der Waals surface area contributed by atoms with Crippen molar-refractivity contribution in [1.82, 2.24) is 10.2 Å². The van der Waals surface area contributed by atoms with Crippen LogP contribution in [0.15, 0.2) is 36.4 Å². The second-order valence-corrected chi connectivity index (χ2v) is 10.6. The molecule has 0 aromatic heterocycles. The number of carboxylic acid groups (broad SMARTS) is 1. The predicted octanol–water partition coefficient (Wildman–Crippen LogP) is 6.07. The summed E-state index contributed by atoms with van der Waals surface area (Å²) < 4.78 is 47.4. The number of halogens is 2. The van der Waals surface area contributed by atoms with E-state index in [0.29, 0.717) is 35.8 Å². The zero-order valence-corrected chi connectivity index (χ0v) is 24.8. The van der Waals surface area contributed by atoms with Gasteiger partial charge in [-0.3, -0.25) is 0 Å². The lowest BCUT2D eigenvalue weighted by Gasteiger charge is -2.45. The summed E-state index contributed by atoms with van der Waals surface area (Å²) in [6, 6.07) is 8.82. The van der Waals surface area contributed by atoms with E-state index in [-0.39, 0.29) is 25.5 Å². The number of rotatable bonds is 14. The van der Waals surface area contributed by atoms with Crippen LogP contribution in [0.5, 0.6) is 11.5 Å². The van der Waals surface area contributed by atoms with Crippen LogP contribution in [0.1, 0.15) is 68.3 Å².